The molecule has 28 heavy (non-hydrogen) atoms. The molecule has 0 atom stereocenters. The number of nitrogens with zero attached hydrogens (tertiary/aromatic N) is 4. The van der Waals surface area contributed by atoms with E-state index < -0.39 is 0 Å². The van der Waals surface area contributed by atoms with Gasteiger partial charge in [0.25, 0.3) is 11.5 Å². The number of methoxy groups -OCH3 is 1. The van der Waals surface area contributed by atoms with Crippen molar-refractivity contribution in [3.63, 3.8) is 0 Å². The first-order chi connectivity index (χ1) is 13.6. The molecule has 3 aromatic heterocycles. The van der Waals surface area contributed by atoms with Gasteiger partial charge in [0.2, 0.25) is 0 Å². The molecule has 0 aliphatic rings. The minimum atomic E-state index is -0.386. The van der Waals surface area contributed by atoms with Crippen molar-refractivity contribution in [3.8, 4) is 11.3 Å². The Labute approximate surface area is 161 Å². The van der Waals surface area contributed by atoms with Crippen molar-refractivity contribution >= 4 is 11.7 Å². The molecule has 2 N–H and O–H groups in total. The van der Waals surface area contributed by atoms with Crippen LogP contribution in [0.4, 0.5) is 5.82 Å². The highest BCUT2D eigenvalue weighted by Gasteiger charge is 2.14. The fraction of sp³-hybridized carbons (Fsp3) is 0.263. The van der Waals surface area contributed by atoms with E-state index in [2.05, 4.69) is 15.4 Å². The lowest BCUT2D eigenvalue weighted by molar-refractivity contribution is 0.102. The van der Waals surface area contributed by atoms with Gasteiger partial charge in [-0.2, -0.15) is 5.10 Å². The molecular weight excluding hydrogens is 362 g/mol. The van der Waals surface area contributed by atoms with Gasteiger partial charge in [0.15, 0.2) is 0 Å². The van der Waals surface area contributed by atoms with E-state index in [0.717, 1.165) is 5.56 Å². The molecule has 9 heteroatoms. The Morgan fingerprint density at radius 2 is 2.14 bits per heavy atom. The van der Waals surface area contributed by atoms with Crippen LogP contribution in [-0.4, -0.2) is 50.7 Å². The minimum Gasteiger partial charge on any atom is -0.394 e. The molecule has 1 amide bonds. The largest absolute Gasteiger partial charge is 0.394 e. The van der Waals surface area contributed by atoms with Gasteiger partial charge in [-0.3, -0.25) is 14.6 Å². The second-order valence-electron chi connectivity index (χ2n) is 6.00. The third-order valence-electron chi connectivity index (χ3n) is 4.07. The number of hydrogen-bond acceptors (Lipinski definition) is 6. The summed E-state index contributed by atoms with van der Waals surface area (Å²) >= 11 is 0. The smallest absolute Gasteiger partial charge is 0.258 e. The third kappa shape index (κ3) is 4.51. The van der Waals surface area contributed by atoms with Crippen LogP contribution in [0.1, 0.15) is 10.4 Å². The van der Waals surface area contributed by atoms with E-state index in [9.17, 15) is 14.7 Å². The van der Waals surface area contributed by atoms with Crippen LogP contribution in [0.15, 0.2) is 53.7 Å². The Hall–Kier alpha value is -3.30. The Bertz CT molecular complexity index is 997. The van der Waals surface area contributed by atoms with Gasteiger partial charge in [0, 0.05) is 49.9 Å². The number of pyridine rings is 2. The van der Waals surface area contributed by atoms with Crippen LogP contribution in [0.25, 0.3) is 11.3 Å². The summed E-state index contributed by atoms with van der Waals surface area (Å²) in [6.45, 7) is 0.814. The van der Waals surface area contributed by atoms with Gasteiger partial charge in [0.1, 0.15) is 5.82 Å². The zero-order valence-corrected chi connectivity index (χ0v) is 15.4. The summed E-state index contributed by atoms with van der Waals surface area (Å²) in [6.07, 6.45) is 4.82. The zero-order chi connectivity index (χ0) is 19.9. The van der Waals surface area contributed by atoms with Crippen molar-refractivity contribution in [2.45, 2.75) is 13.1 Å². The summed E-state index contributed by atoms with van der Waals surface area (Å²) in [4.78, 5) is 28.6. The number of aromatic nitrogens is 4. The number of amides is 1. The number of aliphatic hydroxyl groups excluding tert-OH is 1. The maximum Gasteiger partial charge on any atom is 0.258 e. The highest BCUT2D eigenvalue weighted by Crippen LogP contribution is 2.21. The van der Waals surface area contributed by atoms with Crippen LogP contribution in [0, 0.1) is 0 Å². The first-order valence-corrected chi connectivity index (χ1v) is 8.72. The lowest BCUT2D eigenvalue weighted by Crippen LogP contribution is -2.24. The van der Waals surface area contributed by atoms with Crippen molar-refractivity contribution in [1.29, 1.82) is 0 Å². The zero-order valence-electron chi connectivity index (χ0n) is 15.4. The van der Waals surface area contributed by atoms with Gasteiger partial charge in [-0.05, 0) is 18.2 Å². The van der Waals surface area contributed by atoms with Crippen molar-refractivity contribution < 1.29 is 14.6 Å². The number of nitrogens with one attached hydrogen (secondary N) is 1. The molecule has 0 saturated heterocycles. The summed E-state index contributed by atoms with van der Waals surface area (Å²) in [5, 5.41) is 16.5. The second kappa shape index (κ2) is 9.07. The highest BCUT2D eigenvalue weighted by molar-refractivity contribution is 6.03. The van der Waals surface area contributed by atoms with Gasteiger partial charge >= 0.3 is 0 Å². The number of anilines is 1. The molecule has 0 radical (unpaired) electrons. The van der Waals surface area contributed by atoms with E-state index in [0.29, 0.717) is 30.2 Å². The maximum absolute atomic E-state index is 12.7. The van der Waals surface area contributed by atoms with Crippen LogP contribution < -0.4 is 10.9 Å². The Kier molecular flexibility index (Phi) is 6.30. The summed E-state index contributed by atoms with van der Waals surface area (Å²) in [6, 6.07) is 8.18. The topological polar surface area (TPSA) is 111 Å². The molecule has 0 saturated carbocycles. The Morgan fingerprint density at radius 3 is 2.86 bits per heavy atom. The predicted octanol–water partition coefficient (Wildman–Crippen LogP) is 0.998. The summed E-state index contributed by atoms with van der Waals surface area (Å²) in [5.74, 6) is 0.0514. The molecule has 0 fully saturated rings. The van der Waals surface area contributed by atoms with E-state index in [-0.39, 0.29) is 24.6 Å². The van der Waals surface area contributed by atoms with Crippen molar-refractivity contribution in [2.24, 2.45) is 0 Å². The van der Waals surface area contributed by atoms with Crippen LogP contribution in [0.3, 0.4) is 0 Å². The fourth-order valence-electron chi connectivity index (χ4n) is 2.66. The summed E-state index contributed by atoms with van der Waals surface area (Å²) in [7, 11) is 1.55. The van der Waals surface area contributed by atoms with E-state index in [1.807, 2.05) is 6.07 Å². The van der Waals surface area contributed by atoms with Gasteiger partial charge < -0.3 is 19.7 Å². The second-order valence-corrected chi connectivity index (χ2v) is 6.00. The third-order valence-corrected chi connectivity index (χ3v) is 4.07. The minimum absolute atomic E-state index is 0.126. The lowest BCUT2D eigenvalue weighted by Gasteiger charge is -2.09. The molecule has 3 heterocycles. The van der Waals surface area contributed by atoms with Crippen LogP contribution in [0.5, 0.6) is 0 Å². The standard InChI is InChI=1S/C19H21N5O4/c1-28-10-8-23-13-15(4-5-18(23)26)19(27)21-17-11-16(22-24(17)7-9-25)14-3-2-6-20-12-14/h2-6,11-13,25H,7-10H2,1H3,(H,21,27). The molecule has 0 unspecified atom stereocenters. The molecule has 9 nitrogen and oxygen atoms in total. The molecule has 0 spiro atoms. The van der Waals surface area contributed by atoms with E-state index in [1.54, 1.807) is 31.6 Å². The Morgan fingerprint density at radius 1 is 1.29 bits per heavy atom. The van der Waals surface area contributed by atoms with Crippen LogP contribution in [-0.2, 0) is 17.8 Å². The first-order valence-electron chi connectivity index (χ1n) is 8.72. The molecule has 146 valence electrons. The highest BCUT2D eigenvalue weighted by atomic mass is 16.5. The lowest BCUT2D eigenvalue weighted by atomic mass is 10.2. The van der Waals surface area contributed by atoms with Crippen LogP contribution >= 0.6 is 0 Å². The van der Waals surface area contributed by atoms with Crippen molar-refractivity contribution in [3.05, 3.63) is 64.8 Å². The molecule has 0 aliphatic carbocycles. The molecule has 0 bridgehead atoms. The maximum atomic E-state index is 12.7. The van der Waals surface area contributed by atoms with Gasteiger partial charge in [0.05, 0.1) is 31.0 Å². The van der Waals surface area contributed by atoms with Crippen LogP contribution in [0.2, 0.25) is 0 Å². The molecule has 0 aromatic carbocycles. The molecule has 3 aromatic rings. The normalized spacial score (nSPS) is 10.8. The average Bonchev–Trinajstić information content (AvgIpc) is 3.10. The summed E-state index contributed by atoms with van der Waals surface area (Å²) in [5.41, 5.74) is 1.54. The fourth-order valence-corrected chi connectivity index (χ4v) is 2.66. The quantitative estimate of drug-likeness (QED) is 0.600. The Balaban J connectivity index is 1.85. The van der Waals surface area contributed by atoms with E-state index in [1.165, 1.54) is 27.6 Å². The number of ether oxygens (including phenoxy) is 1. The van der Waals surface area contributed by atoms with Crippen molar-refractivity contribution in [1.82, 2.24) is 19.3 Å². The molecular formula is C19H21N5O4. The first kappa shape index (κ1) is 19.5. The predicted molar refractivity (Wildman–Crippen MR) is 103 cm³/mol. The van der Waals surface area contributed by atoms with Crippen molar-refractivity contribution in [2.75, 3.05) is 25.6 Å². The average molecular weight is 383 g/mol. The number of carbonyl (C=O) groups excluding carboxylic acids is 1. The van der Waals surface area contributed by atoms with Gasteiger partial charge in [-0.25, -0.2) is 4.68 Å². The number of aliphatic hydroxyl groups is 1. The van der Waals surface area contributed by atoms with E-state index in [4.69, 9.17) is 4.74 Å². The molecule has 0 aliphatic heterocycles. The monoisotopic (exact) mass is 383 g/mol. The number of carbonyl (C=O) groups is 1. The molecule has 3 rings (SSSR count). The van der Waals surface area contributed by atoms with Gasteiger partial charge in [-0.1, -0.05) is 0 Å². The SMILES string of the molecule is COCCn1cc(C(=O)Nc2cc(-c3cccnc3)nn2CCO)ccc1=O. The van der Waals surface area contributed by atoms with E-state index >= 15 is 0 Å². The summed E-state index contributed by atoms with van der Waals surface area (Å²) < 4.78 is 7.92. The number of rotatable bonds is 8. The number of hydrogen-bond donors (Lipinski definition) is 2. The van der Waals surface area contributed by atoms with Gasteiger partial charge in [-0.15, -0.1) is 0 Å².